The summed E-state index contributed by atoms with van der Waals surface area (Å²) in [4.78, 5) is 4.14. The molecule has 0 aliphatic heterocycles. The minimum Gasteiger partial charge on any atom is -0.313 e. The van der Waals surface area contributed by atoms with Crippen molar-refractivity contribution in [2.24, 2.45) is 0 Å². The second kappa shape index (κ2) is 5.10. The molecule has 0 aliphatic rings. The van der Waals surface area contributed by atoms with Crippen LogP contribution >= 0.6 is 0 Å². The summed E-state index contributed by atoms with van der Waals surface area (Å²) in [5.41, 5.74) is 1.75. The lowest BCUT2D eigenvalue weighted by Gasteiger charge is -2.09. The smallest absolute Gasteiger partial charge is 0.125 e. The third-order valence-electron chi connectivity index (χ3n) is 2.63. The molecular formula is C13H16FN3. The van der Waals surface area contributed by atoms with Crippen molar-refractivity contribution in [2.75, 3.05) is 6.54 Å². The highest BCUT2D eigenvalue weighted by molar-refractivity contribution is 5.37. The molecule has 90 valence electrons. The van der Waals surface area contributed by atoms with Crippen LogP contribution in [0.25, 0.3) is 5.69 Å². The van der Waals surface area contributed by atoms with Crippen molar-refractivity contribution in [1.29, 1.82) is 0 Å². The molecule has 2 rings (SSSR count). The first-order chi connectivity index (χ1) is 8.20. The molecule has 0 atom stereocenters. The summed E-state index contributed by atoms with van der Waals surface area (Å²) in [5.74, 6) is 0.633. The van der Waals surface area contributed by atoms with E-state index in [1.807, 2.05) is 30.7 Å². The number of hydrogen-bond acceptors (Lipinski definition) is 2. The highest BCUT2D eigenvalue weighted by Crippen LogP contribution is 2.15. The highest BCUT2D eigenvalue weighted by atomic mass is 19.1. The first-order valence-corrected chi connectivity index (χ1v) is 5.71. The average molecular weight is 233 g/mol. The zero-order chi connectivity index (χ0) is 12.3. The van der Waals surface area contributed by atoms with Crippen molar-refractivity contribution in [3.8, 4) is 5.69 Å². The van der Waals surface area contributed by atoms with Gasteiger partial charge in [0.15, 0.2) is 0 Å². The SMILES string of the molecule is CCNCc1cc(F)cc(-n2ccnc2C)c1. The topological polar surface area (TPSA) is 29.9 Å². The lowest BCUT2D eigenvalue weighted by molar-refractivity contribution is 0.620. The lowest BCUT2D eigenvalue weighted by Crippen LogP contribution is -2.12. The summed E-state index contributed by atoms with van der Waals surface area (Å²) in [6.07, 6.45) is 3.55. The Morgan fingerprint density at radius 3 is 2.82 bits per heavy atom. The fourth-order valence-electron chi connectivity index (χ4n) is 1.79. The number of hydrogen-bond donors (Lipinski definition) is 1. The average Bonchev–Trinajstić information content (AvgIpc) is 2.72. The number of halogens is 1. The third-order valence-corrected chi connectivity index (χ3v) is 2.63. The standard InChI is InChI=1S/C13H16FN3/c1-3-15-9-11-6-12(14)8-13(7-11)17-5-4-16-10(17)2/h4-8,15H,3,9H2,1-2H3. The van der Waals surface area contributed by atoms with Crippen molar-refractivity contribution in [1.82, 2.24) is 14.9 Å². The Balaban J connectivity index is 2.35. The van der Waals surface area contributed by atoms with Gasteiger partial charge in [0.1, 0.15) is 11.6 Å². The Morgan fingerprint density at radius 2 is 2.18 bits per heavy atom. The van der Waals surface area contributed by atoms with Gasteiger partial charge in [0.05, 0.1) is 0 Å². The molecule has 1 aromatic heterocycles. The predicted octanol–water partition coefficient (Wildman–Crippen LogP) is 2.43. The van der Waals surface area contributed by atoms with Gasteiger partial charge in [-0.2, -0.15) is 0 Å². The third kappa shape index (κ3) is 2.71. The monoisotopic (exact) mass is 233 g/mol. The van der Waals surface area contributed by atoms with Gasteiger partial charge in [-0.1, -0.05) is 6.92 Å². The fraction of sp³-hybridized carbons (Fsp3) is 0.308. The Kier molecular flexibility index (Phi) is 3.54. The number of nitrogens with zero attached hydrogens (tertiary/aromatic N) is 2. The quantitative estimate of drug-likeness (QED) is 0.879. The molecule has 0 saturated carbocycles. The molecule has 0 bridgehead atoms. The van der Waals surface area contributed by atoms with Crippen LogP contribution in [0.3, 0.4) is 0 Å². The molecule has 1 N–H and O–H groups in total. The van der Waals surface area contributed by atoms with Crippen LogP contribution in [-0.2, 0) is 6.54 Å². The van der Waals surface area contributed by atoms with Gasteiger partial charge in [0, 0.05) is 24.6 Å². The first-order valence-electron chi connectivity index (χ1n) is 5.71. The van der Waals surface area contributed by atoms with Crippen molar-refractivity contribution in [2.45, 2.75) is 20.4 Å². The van der Waals surface area contributed by atoms with E-state index in [0.717, 1.165) is 23.6 Å². The minimum atomic E-state index is -0.219. The maximum atomic E-state index is 13.5. The van der Waals surface area contributed by atoms with E-state index in [1.165, 1.54) is 6.07 Å². The zero-order valence-corrected chi connectivity index (χ0v) is 10.1. The van der Waals surface area contributed by atoms with Crippen LogP contribution in [0.2, 0.25) is 0 Å². The van der Waals surface area contributed by atoms with Crippen molar-refractivity contribution in [3.63, 3.8) is 0 Å². The van der Waals surface area contributed by atoms with Crippen LogP contribution in [0.4, 0.5) is 4.39 Å². The molecule has 17 heavy (non-hydrogen) atoms. The summed E-state index contributed by atoms with van der Waals surface area (Å²) in [6, 6.07) is 5.04. The van der Waals surface area contributed by atoms with E-state index in [4.69, 9.17) is 0 Å². The van der Waals surface area contributed by atoms with Gasteiger partial charge < -0.3 is 9.88 Å². The minimum absolute atomic E-state index is 0.219. The summed E-state index contributed by atoms with van der Waals surface area (Å²) in [6.45, 7) is 5.47. The molecule has 0 spiro atoms. The Labute approximate surface area is 100 Å². The molecule has 0 amide bonds. The molecule has 2 aromatic rings. The zero-order valence-electron chi connectivity index (χ0n) is 10.1. The van der Waals surface area contributed by atoms with Crippen LogP contribution in [0.15, 0.2) is 30.6 Å². The molecule has 0 unspecified atom stereocenters. The van der Waals surface area contributed by atoms with Crippen LogP contribution in [0.5, 0.6) is 0 Å². The van der Waals surface area contributed by atoms with Crippen molar-refractivity contribution >= 4 is 0 Å². The summed E-state index contributed by atoms with van der Waals surface area (Å²) in [7, 11) is 0. The van der Waals surface area contributed by atoms with Crippen molar-refractivity contribution in [3.05, 3.63) is 47.8 Å². The van der Waals surface area contributed by atoms with Gasteiger partial charge in [-0.05, 0) is 37.2 Å². The largest absolute Gasteiger partial charge is 0.313 e. The van der Waals surface area contributed by atoms with Crippen LogP contribution in [0.1, 0.15) is 18.3 Å². The molecule has 0 radical (unpaired) electrons. The van der Waals surface area contributed by atoms with Crippen LogP contribution in [-0.4, -0.2) is 16.1 Å². The normalized spacial score (nSPS) is 10.8. The summed E-state index contributed by atoms with van der Waals surface area (Å²) < 4.78 is 15.4. The van der Waals surface area contributed by atoms with E-state index >= 15 is 0 Å². The van der Waals surface area contributed by atoms with Gasteiger partial charge >= 0.3 is 0 Å². The second-order valence-corrected chi connectivity index (χ2v) is 3.94. The van der Waals surface area contributed by atoms with E-state index < -0.39 is 0 Å². The number of benzene rings is 1. The molecule has 3 nitrogen and oxygen atoms in total. The molecule has 1 aromatic carbocycles. The van der Waals surface area contributed by atoms with E-state index in [0.29, 0.717) is 6.54 Å². The molecule has 1 heterocycles. The molecule has 4 heteroatoms. The lowest BCUT2D eigenvalue weighted by atomic mass is 10.2. The fourth-order valence-corrected chi connectivity index (χ4v) is 1.79. The maximum Gasteiger partial charge on any atom is 0.125 e. The van der Waals surface area contributed by atoms with E-state index in [1.54, 1.807) is 12.3 Å². The number of rotatable bonds is 4. The number of nitrogens with one attached hydrogen (secondary N) is 1. The maximum absolute atomic E-state index is 13.5. The molecule has 0 aliphatic carbocycles. The Hall–Kier alpha value is -1.68. The van der Waals surface area contributed by atoms with Gasteiger partial charge in [0.2, 0.25) is 0 Å². The van der Waals surface area contributed by atoms with Gasteiger partial charge in [-0.3, -0.25) is 0 Å². The number of aromatic nitrogens is 2. The van der Waals surface area contributed by atoms with E-state index in [9.17, 15) is 4.39 Å². The van der Waals surface area contributed by atoms with Crippen LogP contribution in [0, 0.1) is 12.7 Å². The molecule has 0 fully saturated rings. The number of imidazole rings is 1. The predicted molar refractivity (Wildman–Crippen MR) is 65.6 cm³/mol. The Bertz CT molecular complexity index is 505. The van der Waals surface area contributed by atoms with E-state index in [-0.39, 0.29) is 5.82 Å². The van der Waals surface area contributed by atoms with Gasteiger partial charge in [-0.25, -0.2) is 9.37 Å². The highest BCUT2D eigenvalue weighted by Gasteiger charge is 2.04. The molecular weight excluding hydrogens is 217 g/mol. The summed E-state index contributed by atoms with van der Waals surface area (Å²) in [5, 5.41) is 3.19. The molecule has 0 saturated heterocycles. The van der Waals surface area contributed by atoms with E-state index in [2.05, 4.69) is 10.3 Å². The van der Waals surface area contributed by atoms with Crippen LogP contribution < -0.4 is 5.32 Å². The summed E-state index contributed by atoms with van der Waals surface area (Å²) >= 11 is 0. The second-order valence-electron chi connectivity index (χ2n) is 3.94. The van der Waals surface area contributed by atoms with Gasteiger partial charge in [0.25, 0.3) is 0 Å². The number of aryl methyl sites for hydroxylation is 1. The van der Waals surface area contributed by atoms with Gasteiger partial charge in [-0.15, -0.1) is 0 Å². The first kappa shape index (κ1) is 11.8. The Morgan fingerprint density at radius 1 is 1.35 bits per heavy atom. The van der Waals surface area contributed by atoms with Crippen molar-refractivity contribution < 1.29 is 4.39 Å².